The molecule has 5 heteroatoms. The van der Waals surface area contributed by atoms with Crippen molar-refractivity contribution in [2.75, 3.05) is 0 Å². The highest BCUT2D eigenvalue weighted by Gasteiger charge is 2.62. The average Bonchev–Trinajstić information content (AvgIpc) is 2.96. The number of rotatable bonds is 1. The molecule has 0 aliphatic heterocycles. The molecular formula is C21H28O5. The minimum Gasteiger partial charge on any atom is -0.507 e. The molecule has 6 atom stereocenters. The normalized spacial score (nSPS) is 45.3. The molecule has 0 aromatic rings. The van der Waals surface area contributed by atoms with Gasteiger partial charge in [-0.3, -0.25) is 9.59 Å². The van der Waals surface area contributed by atoms with Gasteiger partial charge in [0.2, 0.25) is 5.76 Å². The van der Waals surface area contributed by atoms with Gasteiger partial charge in [-0.1, -0.05) is 6.92 Å². The number of ketones is 2. The summed E-state index contributed by atoms with van der Waals surface area (Å²) in [6, 6.07) is 0. The number of allylic oxidation sites excluding steroid dienone is 1. The molecule has 0 aromatic carbocycles. The van der Waals surface area contributed by atoms with E-state index in [-0.39, 0.29) is 34.6 Å². The second-order valence-corrected chi connectivity index (χ2v) is 9.26. The predicted octanol–water partition coefficient (Wildman–Crippen LogP) is 4.16. The number of aliphatic hydroxyl groups is 3. The van der Waals surface area contributed by atoms with Gasteiger partial charge in [-0.15, -0.1) is 0 Å². The van der Waals surface area contributed by atoms with Crippen molar-refractivity contribution in [3.63, 3.8) is 0 Å². The zero-order valence-electron chi connectivity index (χ0n) is 15.7. The van der Waals surface area contributed by atoms with Crippen LogP contribution in [0, 0.1) is 34.5 Å². The molecule has 3 fully saturated rings. The second kappa shape index (κ2) is 5.37. The highest BCUT2D eigenvalue weighted by atomic mass is 16.3. The standard InChI is InChI=1S/C21H28O5/c1-10(22)12-6-7-13-11-4-5-15-16(23)17(24)18(25)19(26)21(15,3)14(11)8-9-20(12,13)2/h11-14,23,25-26H,4-9H2,1-3H3/t11-,12-,13-,14-,20+,21+/m0/s1. The van der Waals surface area contributed by atoms with Crippen LogP contribution in [0.1, 0.15) is 59.3 Å². The molecule has 3 N–H and O–H groups in total. The lowest BCUT2D eigenvalue weighted by molar-refractivity contribution is -0.128. The van der Waals surface area contributed by atoms with E-state index in [2.05, 4.69) is 6.92 Å². The number of hydrogen-bond acceptors (Lipinski definition) is 5. The van der Waals surface area contributed by atoms with Gasteiger partial charge < -0.3 is 15.3 Å². The first-order valence-corrected chi connectivity index (χ1v) is 9.74. The summed E-state index contributed by atoms with van der Waals surface area (Å²) in [4.78, 5) is 24.2. The fourth-order valence-corrected chi connectivity index (χ4v) is 7.15. The Morgan fingerprint density at radius 2 is 1.69 bits per heavy atom. The summed E-state index contributed by atoms with van der Waals surface area (Å²) in [7, 11) is 0. The van der Waals surface area contributed by atoms with Gasteiger partial charge in [-0.05, 0) is 81.1 Å². The van der Waals surface area contributed by atoms with Crippen LogP contribution in [-0.2, 0) is 9.59 Å². The van der Waals surface area contributed by atoms with E-state index in [0.29, 0.717) is 23.8 Å². The number of fused-ring (bicyclic) bond motifs is 5. The number of carbonyl (C=O) groups is 2. The Hall–Kier alpha value is -1.78. The number of Topliss-reactive ketones (excluding diaryl/α,β-unsaturated/α-hetero) is 2. The summed E-state index contributed by atoms with van der Waals surface area (Å²) in [6.45, 7) is 5.80. The third-order valence-electron chi connectivity index (χ3n) is 8.46. The zero-order chi connectivity index (χ0) is 19.0. The molecule has 3 saturated carbocycles. The molecule has 4 rings (SSSR count). The molecule has 4 aliphatic carbocycles. The Balaban J connectivity index is 1.77. The quantitative estimate of drug-likeness (QED) is 0.653. The third-order valence-corrected chi connectivity index (χ3v) is 8.46. The Morgan fingerprint density at radius 3 is 2.35 bits per heavy atom. The van der Waals surface area contributed by atoms with Crippen molar-refractivity contribution in [2.45, 2.75) is 59.3 Å². The van der Waals surface area contributed by atoms with Gasteiger partial charge in [-0.25, -0.2) is 0 Å². The van der Waals surface area contributed by atoms with Crippen LogP contribution in [0.3, 0.4) is 0 Å². The van der Waals surface area contributed by atoms with Crippen molar-refractivity contribution in [3.05, 3.63) is 22.9 Å². The maximum absolute atomic E-state index is 12.2. The van der Waals surface area contributed by atoms with Crippen LogP contribution in [0.2, 0.25) is 0 Å². The zero-order valence-corrected chi connectivity index (χ0v) is 15.7. The first kappa shape index (κ1) is 17.6. The van der Waals surface area contributed by atoms with Gasteiger partial charge in [-0.2, -0.15) is 0 Å². The van der Waals surface area contributed by atoms with E-state index in [1.807, 2.05) is 6.92 Å². The van der Waals surface area contributed by atoms with E-state index in [4.69, 9.17) is 0 Å². The summed E-state index contributed by atoms with van der Waals surface area (Å²) < 4.78 is 0. The van der Waals surface area contributed by atoms with E-state index in [1.54, 1.807) is 6.92 Å². The van der Waals surface area contributed by atoms with Gasteiger partial charge in [0.15, 0.2) is 5.76 Å². The summed E-state index contributed by atoms with van der Waals surface area (Å²) in [5.41, 5.74) is -0.317. The molecule has 0 saturated heterocycles. The van der Waals surface area contributed by atoms with Crippen LogP contribution in [0.5, 0.6) is 0 Å². The third kappa shape index (κ3) is 1.92. The van der Waals surface area contributed by atoms with E-state index < -0.39 is 17.0 Å². The first-order valence-electron chi connectivity index (χ1n) is 9.74. The van der Waals surface area contributed by atoms with Gasteiger partial charge >= 0.3 is 0 Å². The molecule has 0 bridgehead atoms. The summed E-state index contributed by atoms with van der Waals surface area (Å²) >= 11 is 0. The maximum atomic E-state index is 12.2. The lowest BCUT2D eigenvalue weighted by Gasteiger charge is -2.57. The molecule has 5 nitrogen and oxygen atoms in total. The lowest BCUT2D eigenvalue weighted by Crippen LogP contribution is -2.52. The van der Waals surface area contributed by atoms with Crippen molar-refractivity contribution in [1.82, 2.24) is 0 Å². The van der Waals surface area contributed by atoms with Crippen molar-refractivity contribution in [2.24, 2.45) is 34.5 Å². The SMILES string of the molecule is CC(=O)[C@@H]1CC[C@H]2[C@@H]3CCC4=C(O)C(=O)C(O)=C(O)[C@]4(C)[C@H]3CC[C@]12C. The summed E-state index contributed by atoms with van der Waals surface area (Å²) in [5.74, 6) is -1.08. The second-order valence-electron chi connectivity index (χ2n) is 9.26. The molecule has 0 aromatic heterocycles. The number of carbonyl (C=O) groups excluding carboxylic acids is 2. The van der Waals surface area contributed by atoms with Crippen LogP contribution in [0.25, 0.3) is 0 Å². The largest absolute Gasteiger partial charge is 0.507 e. The smallest absolute Gasteiger partial charge is 0.265 e. The Bertz CT molecular complexity index is 762. The van der Waals surface area contributed by atoms with Crippen LogP contribution in [0.4, 0.5) is 0 Å². The van der Waals surface area contributed by atoms with E-state index in [9.17, 15) is 24.9 Å². The first-order chi connectivity index (χ1) is 12.1. The Morgan fingerprint density at radius 1 is 1.00 bits per heavy atom. The number of aliphatic hydroxyl groups excluding tert-OH is 3. The lowest BCUT2D eigenvalue weighted by atomic mass is 9.47. The van der Waals surface area contributed by atoms with Crippen molar-refractivity contribution in [1.29, 1.82) is 0 Å². The molecule has 0 radical (unpaired) electrons. The van der Waals surface area contributed by atoms with Gasteiger partial charge in [0.25, 0.3) is 5.78 Å². The van der Waals surface area contributed by atoms with Crippen LogP contribution in [-0.4, -0.2) is 26.9 Å². The van der Waals surface area contributed by atoms with Crippen molar-refractivity contribution in [3.8, 4) is 0 Å². The van der Waals surface area contributed by atoms with Crippen molar-refractivity contribution >= 4 is 11.6 Å². The van der Waals surface area contributed by atoms with Crippen LogP contribution < -0.4 is 0 Å². The molecule has 0 unspecified atom stereocenters. The molecule has 0 amide bonds. The van der Waals surface area contributed by atoms with E-state index in [0.717, 1.165) is 32.1 Å². The summed E-state index contributed by atoms with van der Waals surface area (Å²) in [6.07, 6.45) is 5.05. The Labute approximate surface area is 153 Å². The molecular weight excluding hydrogens is 332 g/mol. The summed E-state index contributed by atoms with van der Waals surface area (Å²) in [5, 5.41) is 31.2. The fourth-order valence-electron chi connectivity index (χ4n) is 7.15. The van der Waals surface area contributed by atoms with Crippen molar-refractivity contribution < 1.29 is 24.9 Å². The monoisotopic (exact) mass is 360 g/mol. The van der Waals surface area contributed by atoms with Crippen LogP contribution in [0.15, 0.2) is 22.9 Å². The maximum Gasteiger partial charge on any atom is 0.265 e. The minimum absolute atomic E-state index is 0.00150. The molecule has 0 heterocycles. The average molecular weight is 360 g/mol. The topological polar surface area (TPSA) is 94.8 Å². The molecule has 142 valence electrons. The minimum atomic E-state index is -0.888. The van der Waals surface area contributed by atoms with E-state index >= 15 is 0 Å². The fraction of sp³-hybridized carbons (Fsp3) is 0.714. The van der Waals surface area contributed by atoms with Crippen LogP contribution >= 0.6 is 0 Å². The molecule has 4 aliphatic rings. The van der Waals surface area contributed by atoms with E-state index in [1.165, 1.54) is 0 Å². The highest BCUT2D eigenvalue weighted by molar-refractivity contribution is 6.07. The molecule has 26 heavy (non-hydrogen) atoms. The van der Waals surface area contributed by atoms with Gasteiger partial charge in [0, 0.05) is 5.92 Å². The number of hydrogen-bond donors (Lipinski definition) is 3. The van der Waals surface area contributed by atoms with Gasteiger partial charge in [0.1, 0.15) is 11.5 Å². The van der Waals surface area contributed by atoms with Gasteiger partial charge in [0.05, 0.1) is 5.41 Å². The Kier molecular flexibility index (Phi) is 3.64. The highest BCUT2D eigenvalue weighted by Crippen LogP contribution is 2.67. The predicted molar refractivity (Wildman–Crippen MR) is 95.5 cm³/mol. The molecule has 0 spiro atoms.